The number of anilines is 2. The van der Waals surface area contributed by atoms with Crippen LogP contribution in [0.1, 0.15) is 30.6 Å². The number of rotatable bonds is 5. The zero-order valence-electron chi connectivity index (χ0n) is 11.9. The minimum Gasteiger partial charge on any atom is -0.366 e. The lowest BCUT2D eigenvalue weighted by atomic mass is 10.2. The van der Waals surface area contributed by atoms with Crippen LogP contribution in [0.25, 0.3) is 0 Å². The molecule has 0 aliphatic carbocycles. The Kier molecular flexibility index (Phi) is 4.81. The Balaban J connectivity index is 2.01. The first-order valence-corrected chi connectivity index (χ1v) is 6.75. The molecule has 21 heavy (non-hydrogen) atoms. The van der Waals surface area contributed by atoms with Gasteiger partial charge in [-0.15, -0.1) is 10.2 Å². The van der Waals surface area contributed by atoms with Crippen LogP contribution in [-0.2, 0) is 0 Å². The molecule has 0 saturated carbocycles. The molecule has 2 rings (SSSR count). The third-order valence-electron chi connectivity index (χ3n) is 3.00. The molecule has 0 aliphatic rings. The lowest BCUT2D eigenvalue weighted by Crippen LogP contribution is -2.16. The summed E-state index contributed by atoms with van der Waals surface area (Å²) in [7, 11) is 0. The number of benzene rings is 1. The number of carbonyl (C=O) groups excluding carboxylic acids is 1. The number of hydrogen-bond acceptors (Lipinski definition) is 4. The lowest BCUT2D eigenvalue weighted by molar-refractivity contribution is 0.102. The Labute approximate surface area is 122 Å². The average molecular weight is 288 g/mol. The van der Waals surface area contributed by atoms with Gasteiger partial charge in [0.2, 0.25) is 0 Å². The van der Waals surface area contributed by atoms with Crippen molar-refractivity contribution in [3.8, 4) is 0 Å². The van der Waals surface area contributed by atoms with Gasteiger partial charge in [-0.2, -0.15) is 0 Å². The fourth-order valence-corrected chi connectivity index (χ4v) is 1.65. The van der Waals surface area contributed by atoms with E-state index >= 15 is 0 Å². The van der Waals surface area contributed by atoms with Gasteiger partial charge < -0.3 is 10.6 Å². The smallest absolute Gasteiger partial charge is 0.256 e. The number of carbonyl (C=O) groups is 1. The molecule has 0 spiro atoms. The van der Waals surface area contributed by atoms with Gasteiger partial charge in [-0.25, -0.2) is 4.39 Å². The SMILES string of the molecule is CCC(C)Nc1ccc(NC(=O)c2cccc(F)c2)nn1. The number of aromatic nitrogens is 2. The number of nitrogens with zero attached hydrogens (tertiary/aromatic N) is 2. The van der Waals surface area contributed by atoms with Crippen LogP contribution < -0.4 is 10.6 Å². The van der Waals surface area contributed by atoms with E-state index in [2.05, 4.69) is 27.8 Å². The van der Waals surface area contributed by atoms with Crippen LogP contribution >= 0.6 is 0 Å². The maximum Gasteiger partial charge on any atom is 0.256 e. The number of halogens is 1. The summed E-state index contributed by atoms with van der Waals surface area (Å²) in [4.78, 5) is 11.9. The minimum absolute atomic E-state index is 0.235. The van der Waals surface area contributed by atoms with Crippen molar-refractivity contribution >= 4 is 17.5 Å². The maximum absolute atomic E-state index is 13.1. The molecule has 0 bridgehead atoms. The van der Waals surface area contributed by atoms with Gasteiger partial charge in [0.15, 0.2) is 5.82 Å². The lowest BCUT2D eigenvalue weighted by Gasteiger charge is -2.11. The average Bonchev–Trinajstić information content (AvgIpc) is 2.49. The van der Waals surface area contributed by atoms with E-state index in [0.717, 1.165) is 6.42 Å². The molecule has 0 saturated heterocycles. The van der Waals surface area contributed by atoms with Crippen molar-refractivity contribution in [1.29, 1.82) is 0 Å². The molecule has 2 N–H and O–H groups in total. The van der Waals surface area contributed by atoms with Crippen LogP contribution in [0, 0.1) is 5.82 Å². The second-order valence-electron chi connectivity index (χ2n) is 4.72. The molecule has 110 valence electrons. The Morgan fingerprint density at radius 3 is 2.57 bits per heavy atom. The number of hydrogen-bond donors (Lipinski definition) is 2. The first-order chi connectivity index (χ1) is 10.1. The van der Waals surface area contributed by atoms with Crippen molar-refractivity contribution in [2.75, 3.05) is 10.6 Å². The van der Waals surface area contributed by atoms with E-state index in [9.17, 15) is 9.18 Å². The molecule has 0 aliphatic heterocycles. The van der Waals surface area contributed by atoms with E-state index in [1.165, 1.54) is 24.3 Å². The van der Waals surface area contributed by atoms with Gasteiger partial charge in [-0.1, -0.05) is 13.0 Å². The molecule has 2 aromatic rings. The Morgan fingerprint density at radius 2 is 1.95 bits per heavy atom. The van der Waals surface area contributed by atoms with Gasteiger partial charge in [-0.05, 0) is 43.7 Å². The molecule has 1 amide bonds. The van der Waals surface area contributed by atoms with Crippen molar-refractivity contribution in [3.05, 3.63) is 47.8 Å². The monoisotopic (exact) mass is 288 g/mol. The van der Waals surface area contributed by atoms with Crippen molar-refractivity contribution < 1.29 is 9.18 Å². The van der Waals surface area contributed by atoms with Crippen molar-refractivity contribution in [3.63, 3.8) is 0 Å². The van der Waals surface area contributed by atoms with Gasteiger partial charge in [0.25, 0.3) is 5.91 Å². The van der Waals surface area contributed by atoms with Crippen LogP contribution in [-0.4, -0.2) is 22.1 Å². The summed E-state index contributed by atoms with van der Waals surface area (Å²) in [5.74, 6) is 0.0836. The Bertz CT molecular complexity index is 615. The van der Waals surface area contributed by atoms with Crippen LogP contribution in [0.5, 0.6) is 0 Å². The second kappa shape index (κ2) is 6.78. The highest BCUT2D eigenvalue weighted by atomic mass is 19.1. The predicted octanol–water partition coefficient (Wildman–Crippen LogP) is 3.08. The van der Waals surface area contributed by atoms with Crippen LogP contribution in [0.4, 0.5) is 16.0 Å². The van der Waals surface area contributed by atoms with Gasteiger partial charge >= 0.3 is 0 Å². The van der Waals surface area contributed by atoms with Crippen molar-refractivity contribution in [2.45, 2.75) is 26.3 Å². The second-order valence-corrected chi connectivity index (χ2v) is 4.72. The summed E-state index contributed by atoms with van der Waals surface area (Å²) >= 11 is 0. The van der Waals surface area contributed by atoms with E-state index < -0.39 is 11.7 Å². The molecular weight excluding hydrogens is 271 g/mol. The van der Waals surface area contributed by atoms with E-state index in [4.69, 9.17) is 0 Å². The van der Waals surface area contributed by atoms with Gasteiger partial charge in [0, 0.05) is 11.6 Å². The third kappa shape index (κ3) is 4.24. The Morgan fingerprint density at radius 1 is 1.24 bits per heavy atom. The predicted molar refractivity (Wildman–Crippen MR) is 79.8 cm³/mol. The Hall–Kier alpha value is -2.50. The molecule has 1 unspecified atom stereocenters. The van der Waals surface area contributed by atoms with Gasteiger partial charge in [0.05, 0.1) is 0 Å². The first-order valence-electron chi connectivity index (χ1n) is 6.75. The highest BCUT2D eigenvalue weighted by Gasteiger charge is 2.08. The summed E-state index contributed by atoms with van der Waals surface area (Å²) in [5, 5.41) is 13.6. The summed E-state index contributed by atoms with van der Waals surface area (Å²) < 4.78 is 13.1. The zero-order valence-corrected chi connectivity index (χ0v) is 11.9. The molecule has 5 nitrogen and oxygen atoms in total. The topological polar surface area (TPSA) is 66.9 Å². The van der Waals surface area contributed by atoms with Gasteiger partial charge in [-0.3, -0.25) is 4.79 Å². The fraction of sp³-hybridized carbons (Fsp3) is 0.267. The summed E-state index contributed by atoms with van der Waals surface area (Å²) in [5.41, 5.74) is 0.235. The minimum atomic E-state index is -0.457. The fourth-order valence-electron chi connectivity index (χ4n) is 1.65. The molecule has 1 heterocycles. The molecule has 0 fully saturated rings. The zero-order chi connectivity index (χ0) is 15.2. The highest BCUT2D eigenvalue weighted by Crippen LogP contribution is 2.10. The first kappa shape index (κ1) is 14.9. The molecule has 1 aromatic heterocycles. The van der Waals surface area contributed by atoms with E-state index in [-0.39, 0.29) is 5.56 Å². The largest absolute Gasteiger partial charge is 0.366 e. The highest BCUT2D eigenvalue weighted by molar-refractivity contribution is 6.03. The van der Waals surface area contributed by atoms with Crippen LogP contribution in [0.3, 0.4) is 0 Å². The molecule has 6 heteroatoms. The maximum atomic E-state index is 13.1. The van der Waals surface area contributed by atoms with E-state index in [0.29, 0.717) is 17.7 Å². The van der Waals surface area contributed by atoms with Gasteiger partial charge in [0.1, 0.15) is 11.6 Å². The van der Waals surface area contributed by atoms with Crippen LogP contribution in [0.15, 0.2) is 36.4 Å². The van der Waals surface area contributed by atoms with Crippen molar-refractivity contribution in [2.24, 2.45) is 0 Å². The molecule has 1 aromatic carbocycles. The normalized spacial score (nSPS) is 11.8. The standard InChI is InChI=1S/C15H17FN4O/c1-3-10(2)17-13-7-8-14(20-19-13)18-15(21)11-5-4-6-12(16)9-11/h4-10H,3H2,1-2H3,(H,17,19)(H,18,20,21). The van der Waals surface area contributed by atoms with E-state index in [1.807, 2.05) is 6.92 Å². The number of amides is 1. The molecular formula is C15H17FN4O. The molecule has 0 radical (unpaired) electrons. The third-order valence-corrected chi connectivity index (χ3v) is 3.00. The van der Waals surface area contributed by atoms with Crippen molar-refractivity contribution in [1.82, 2.24) is 10.2 Å². The van der Waals surface area contributed by atoms with E-state index in [1.54, 1.807) is 12.1 Å². The van der Waals surface area contributed by atoms with Crippen LogP contribution in [0.2, 0.25) is 0 Å². The summed E-state index contributed by atoms with van der Waals surface area (Å²) in [6.07, 6.45) is 0.972. The quantitative estimate of drug-likeness (QED) is 0.887. The summed E-state index contributed by atoms with van der Waals surface area (Å²) in [6, 6.07) is 9.15. The number of nitrogens with one attached hydrogen (secondary N) is 2. The molecule has 1 atom stereocenters. The summed E-state index contributed by atoms with van der Waals surface area (Å²) in [6.45, 7) is 4.11.